The molecule has 1 aliphatic heterocycles. The number of thiazole rings is 1. The minimum Gasteiger partial charge on any atom is -0.379 e. The molecule has 1 aliphatic rings. The number of carbonyl (C=O) groups is 1. The fraction of sp³-hybridized carbons (Fsp3) is 0.333. The van der Waals surface area contributed by atoms with Gasteiger partial charge in [0.25, 0.3) is 5.91 Å². The van der Waals surface area contributed by atoms with Crippen molar-refractivity contribution in [3.8, 4) is 0 Å². The zero-order chi connectivity index (χ0) is 20.2. The van der Waals surface area contributed by atoms with E-state index in [0.717, 1.165) is 39.3 Å². The average molecular weight is 454 g/mol. The Morgan fingerprint density at radius 1 is 1.13 bits per heavy atom. The number of morpholine rings is 1. The highest BCUT2D eigenvalue weighted by Gasteiger charge is 2.22. The van der Waals surface area contributed by atoms with Crippen molar-refractivity contribution >= 4 is 45.0 Å². The summed E-state index contributed by atoms with van der Waals surface area (Å²) in [4.78, 5) is 21.5. The Morgan fingerprint density at radius 2 is 1.90 bits per heavy atom. The standard InChI is InChI=1S/C21H21F2N3O2S.ClH/c22-16-4-1-3-15(13-16)20(27)26(8-2-7-25-9-11-28-12-10-25)21-24-18-6-5-17(23)14-19(18)29-21;/h1,3-6,13-14H,2,7-12H2;1H. The van der Waals surface area contributed by atoms with Crippen molar-refractivity contribution in [3.05, 3.63) is 59.7 Å². The zero-order valence-corrected chi connectivity index (χ0v) is 17.9. The van der Waals surface area contributed by atoms with Crippen LogP contribution >= 0.6 is 23.7 Å². The number of ether oxygens (including phenoxy) is 1. The lowest BCUT2D eigenvalue weighted by Gasteiger charge is -2.27. The van der Waals surface area contributed by atoms with Gasteiger partial charge in [0.15, 0.2) is 5.13 Å². The number of benzene rings is 2. The number of rotatable bonds is 6. The maximum atomic E-state index is 13.7. The normalized spacial score (nSPS) is 14.5. The Labute approximate surface area is 183 Å². The van der Waals surface area contributed by atoms with Crippen LogP contribution in [0.2, 0.25) is 0 Å². The van der Waals surface area contributed by atoms with Crippen molar-refractivity contribution in [3.63, 3.8) is 0 Å². The molecule has 1 amide bonds. The molecule has 160 valence electrons. The topological polar surface area (TPSA) is 45.7 Å². The summed E-state index contributed by atoms with van der Waals surface area (Å²) in [6, 6.07) is 10.0. The molecule has 0 bridgehead atoms. The molecular formula is C21H22ClF2N3O2S. The van der Waals surface area contributed by atoms with Crippen LogP contribution in [0.25, 0.3) is 10.2 Å². The van der Waals surface area contributed by atoms with Gasteiger partial charge in [-0.3, -0.25) is 14.6 Å². The summed E-state index contributed by atoms with van der Waals surface area (Å²) in [6.45, 7) is 4.45. The third kappa shape index (κ3) is 5.31. The molecule has 0 N–H and O–H groups in total. The second-order valence-electron chi connectivity index (χ2n) is 6.88. The number of fused-ring (bicyclic) bond motifs is 1. The van der Waals surface area contributed by atoms with E-state index in [1.807, 2.05) is 0 Å². The number of nitrogens with zero attached hydrogens (tertiary/aromatic N) is 3. The van der Waals surface area contributed by atoms with E-state index in [0.29, 0.717) is 21.9 Å². The predicted molar refractivity (Wildman–Crippen MR) is 117 cm³/mol. The van der Waals surface area contributed by atoms with Crippen molar-refractivity contribution in [1.82, 2.24) is 9.88 Å². The SMILES string of the molecule is Cl.O=C(c1cccc(F)c1)N(CCCN1CCOCC1)c1nc2ccc(F)cc2s1. The van der Waals surface area contributed by atoms with Crippen LogP contribution in [0.3, 0.4) is 0 Å². The predicted octanol–water partition coefficient (Wildman–Crippen LogP) is 4.37. The van der Waals surface area contributed by atoms with Crippen molar-refractivity contribution in [2.24, 2.45) is 0 Å². The summed E-state index contributed by atoms with van der Waals surface area (Å²) in [5.41, 5.74) is 0.901. The van der Waals surface area contributed by atoms with E-state index in [1.54, 1.807) is 17.0 Å². The number of carbonyl (C=O) groups excluding carboxylic acids is 1. The van der Waals surface area contributed by atoms with E-state index in [1.165, 1.54) is 41.7 Å². The lowest BCUT2D eigenvalue weighted by Crippen LogP contribution is -2.39. The number of hydrogen-bond donors (Lipinski definition) is 0. The molecule has 0 spiro atoms. The highest BCUT2D eigenvalue weighted by molar-refractivity contribution is 7.22. The average Bonchev–Trinajstić information content (AvgIpc) is 3.14. The summed E-state index contributed by atoms with van der Waals surface area (Å²) in [5, 5.41) is 0.488. The van der Waals surface area contributed by atoms with E-state index >= 15 is 0 Å². The zero-order valence-electron chi connectivity index (χ0n) is 16.2. The van der Waals surface area contributed by atoms with Crippen LogP contribution in [0.15, 0.2) is 42.5 Å². The Kier molecular flexibility index (Phi) is 7.71. The summed E-state index contributed by atoms with van der Waals surface area (Å²) in [5.74, 6) is -1.12. The minimum absolute atomic E-state index is 0. The molecule has 0 atom stereocenters. The van der Waals surface area contributed by atoms with Gasteiger partial charge in [0, 0.05) is 31.7 Å². The smallest absolute Gasteiger partial charge is 0.260 e. The quantitative estimate of drug-likeness (QED) is 0.556. The molecule has 2 heterocycles. The van der Waals surface area contributed by atoms with Crippen molar-refractivity contribution in [1.29, 1.82) is 0 Å². The molecule has 9 heteroatoms. The van der Waals surface area contributed by atoms with Gasteiger partial charge in [-0.25, -0.2) is 13.8 Å². The van der Waals surface area contributed by atoms with Gasteiger partial charge >= 0.3 is 0 Å². The largest absolute Gasteiger partial charge is 0.379 e. The van der Waals surface area contributed by atoms with Gasteiger partial charge in [0.1, 0.15) is 11.6 Å². The maximum Gasteiger partial charge on any atom is 0.260 e. The van der Waals surface area contributed by atoms with Crippen LogP contribution in [-0.4, -0.2) is 55.2 Å². The number of aromatic nitrogens is 1. The van der Waals surface area contributed by atoms with Crippen LogP contribution in [-0.2, 0) is 4.74 Å². The lowest BCUT2D eigenvalue weighted by atomic mass is 10.2. The highest BCUT2D eigenvalue weighted by Crippen LogP contribution is 2.30. The fourth-order valence-corrected chi connectivity index (χ4v) is 4.36. The Morgan fingerprint density at radius 3 is 2.67 bits per heavy atom. The van der Waals surface area contributed by atoms with Crippen LogP contribution in [0, 0.1) is 11.6 Å². The highest BCUT2D eigenvalue weighted by atomic mass is 35.5. The van der Waals surface area contributed by atoms with Crippen LogP contribution in [0.5, 0.6) is 0 Å². The third-order valence-electron chi connectivity index (χ3n) is 4.85. The molecule has 5 nitrogen and oxygen atoms in total. The number of halogens is 3. The van der Waals surface area contributed by atoms with Crippen molar-refractivity contribution in [2.75, 3.05) is 44.3 Å². The molecule has 0 radical (unpaired) electrons. The summed E-state index contributed by atoms with van der Waals surface area (Å²) >= 11 is 1.26. The molecule has 4 rings (SSSR count). The van der Waals surface area contributed by atoms with Gasteiger partial charge in [-0.2, -0.15) is 0 Å². The van der Waals surface area contributed by atoms with Gasteiger partial charge in [-0.15, -0.1) is 12.4 Å². The van der Waals surface area contributed by atoms with E-state index in [2.05, 4.69) is 9.88 Å². The first-order valence-electron chi connectivity index (χ1n) is 9.54. The summed E-state index contributed by atoms with van der Waals surface area (Å²) < 4.78 is 33.3. The van der Waals surface area contributed by atoms with E-state index in [9.17, 15) is 13.6 Å². The van der Waals surface area contributed by atoms with Gasteiger partial charge < -0.3 is 4.74 Å². The van der Waals surface area contributed by atoms with Crippen molar-refractivity contribution in [2.45, 2.75) is 6.42 Å². The summed E-state index contributed by atoms with van der Waals surface area (Å²) in [6.07, 6.45) is 0.741. The first-order valence-corrected chi connectivity index (χ1v) is 10.4. The molecule has 0 unspecified atom stereocenters. The molecule has 1 fully saturated rings. The monoisotopic (exact) mass is 453 g/mol. The van der Waals surface area contributed by atoms with E-state index in [4.69, 9.17) is 4.74 Å². The minimum atomic E-state index is -0.463. The van der Waals surface area contributed by atoms with Crippen LogP contribution in [0.1, 0.15) is 16.8 Å². The summed E-state index contributed by atoms with van der Waals surface area (Å²) in [7, 11) is 0. The molecular weight excluding hydrogens is 432 g/mol. The molecule has 30 heavy (non-hydrogen) atoms. The molecule has 3 aromatic rings. The number of anilines is 1. The lowest BCUT2D eigenvalue weighted by molar-refractivity contribution is 0.0376. The molecule has 0 aliphatic carbocycles. The molecule has 2 aromatic carbocycles. The van der Waals surface area contributed by atoms with Gasteiger partial charge in [-0.1, -0.05) is 17.4 Å². The maximum absolute atomic E-state index is 13.7. The van der Waals surface area contributed by atoms with E-state index < -0.39 is 5.82 Å². The molecule has 1 aromatic heterocycles. The Balaban J connectivity index is 0.00000256. The van der Waals surface area contributed by atoms with E-state index in [-0.39, 0.29) is 29.7 Å². The van der Waals surface area contributed by atoms with Crippen LogP contribution < -0.4 is 4.90 Å². The van der Waals surface area contributed by atoms with Crippen LogP contribution in [0.4, 0.5) is 13.9 Å². The second kappa shape index (κ2) is 10.3. The Hall–Kier alpha value is -2.13. The first-order chi connectivity index (χ1) is 14.1. The fourth-order valence-electron chi connectivity index (χ4n) is 3.34. The molecule has 1 saturated heterocycles. The number of hydrogen-bond acceptors (Lipinski definition) is 5. The first kappa shape index (κ1) is 22.6. The third-order valence-corrected chi connectivity index (χ3v) is 5.89. The van der Waals surface area contributed by atoms with Gasteiger partial charge in [0.2, 0.25) is 0 Å². The Bertz CT molecular complexity index is 1010. The number of amides is 1. The van der Waals surface area contributed by atoms with Crippen molar-refractivity contribution < 1.29 is 18.3 Å². The molecule has 0 saturated carbocycles. The second-order valence-corrected chi connectivity index (χ2v) is 7.89. The van der Waals surface area contributed by atoms with Gasteiger partial charge in [-0.05, 0) is 42.8 Å². The van der Waals surface area contributed by atoms with Gasteiger partial charge in [0.05, 0.1) is 23.4 Å².